The van der Waals surface area contributed by atoms with Gasteiger partial charge < -0.3 is 14.2 Å². The number of allylic oxidation sites excluding steroid dienone is 1. The standard InChI is InChI=1S/C17H20Cl2O5/c1-9-3-4-16(7-22-14(21)13(18)19)11(5-9)24-12-10(20)6-15(16,2)17(12)8-23-17/h5,11-13H,3-4,6-8H2,1-2H3/t11-,12-,15-,16-,17+/m1/s1. The third-order valence-corrected chi connectivity index (χ3v) is 6.97. The Morgan fingerprint density at radius 3 is 2.83 bits per heavy atom. The minimum atomic E-state index is -1.22. The number of carbonyl (C=O) groups excluding carboxylic acids is 2. The monoisotopic (exact) mass is 374 g/mol. The quantitative estimate of drug-likeness (QED) is 0.328. The van der Waals surface area contributed by atoms with Crippen LogP contribution in [0.15, 0.2) is 11.6 Å². The summed E-state index contributed by atoms with van der Waals surface area (Å²) < 4.78 is 17.4. The van der Waals surface area contributed by atoms with E-state index in [0.29, 0.717) is 13.0 Å². The normalized spacial score (nSPS) is 46.0. The first kappa shape index (κ1) is 16.8. The van der Waals surface area contributed by atoms with Crippen LogP contribution >= 0.6 is 23.2 Å². The van der Waals surface area contributed by atoms with Gasteiger partial charge in [0.15, 0.2) is 5.78 Å². The number of rotatable bonds is 3. The van der Waals surface area contributed by atoms with Crippen molar-refractivity contribution in [3.8, 4) is 0 Å². The summed E-state index contributed by atoms with van der Waals surface area (Å²) in [6, 6.07) is 0. The molecule has 2 aliphatic heterocycles. The Balaban J connectivity index is 1.75. The minimum Gasteiger partial charge on any atom is -0.463 e. The first-order valence-electron chi connectivity index (χ1n) is 8.20. The molecule has 132 valence electrons. The second-order valence-corrected chi connectivity index (χ2v) is 8.76. The lowest BCUT2D eigenvalue weighted by Crippen LogP contribution is -2.64. The van der Waals surface area contributed by atoms with E-state index in [0.717, 1.165) is 12.8 Å². The maximum Gasteiger partial charge on any atom is 0.339 e. The number of halogens is 2. The summed E-state index contributed by atoms with van der Waals surface area (Å²) in [4.78, 5) is 23.2. The Kier molecular flexibility index (Phi) is 3.64. The van der Waals surface area contributed by atoms with Crippen molar-refractivity contribution in [2.45, 2.75) is 55.8 Å². The molecule has 0 radical (unpaired) electrons. The van der Waals surface area contributed by atoms with Crippen LogP contribution in [0.4, 0.5) is 0 Å². The summed E-state index contributed by atoms with van der Waals surface area (Å²) in [5.41, 5.74) is -0.300. The van der Waals surface area contributed by atoms with Crippen LogP contribution in [0.5, 0.6) is 0 Å². The minimum absolute atomic E-state index is 0.0775. The molecule has 24 heavy (non-hydrogen) atoms. The smallest absolute Gasteiger partial charge is 0.339 e. The summed E-state index contributed by atoms with van der Waals surface area (Å²) in [5.74, 6) is -0.590. The molecule has 4 aliphatic rings. The number of epoxide rings is 1. The van der Waals surface area contributed by atoms with Crippen molar-refractivity contribution in [3.05, 3.63) is 11.6 Å². The Morgan fingerprint density at radius 1 is 1.50 bits per heavy atom. The van der Waals surface area contributed by atoms with Crippen molar-refractivity contribution < 1.29 is 23.8 Å². The molecule has 0 aromatic rings. The second kappa shape index (κ2) is 5.19. The van der Waals surface area contributed by atoms with Gasteiger partial charge >= 0.3 is 5.97 Å². The molecule has 0 unspecified atom stereocenters. The van der Waals surface area contributed by atoms with Gasteiger partial charge in [0.2, 0.25) is 4.84 Å². The van der Waals surface area contributed by atoms with E-state index in [-0.39, 0.29) is 18.5 Å². The number of ether oxygens (including phenoxy) is 3. The fraction of sp³-hybridized carbons (Fsp3) is 0.765. The first-order chi connectivity index (χ1) is 11.3. The highest BCUT2D eigenvalue weighted by atomic mass is 35.5. The summed E-state index contributed by atoms with van der Waals surface area (Å²) in [6.07, 6.45) is 3.28. The SMILES string of the molecule is CC1=C[C@H]2O[C@@H]3C(=O)C[C@](C)([C@@]2(COC(=O)C(Cl)Cl)CC1)[C@]31CO1. The number of ketones is 1. The largest absolute Gasteiger partial charge is 0.463 e. The molecule has 0 N–H and O–H groups in total. The average Bonchev–Trinajstić information content (AvgIpc) is 3.29. The molecule has 3 fully saturated rings. The maximum atomic E-state index is 12.6. The third kappa shape index (κ3) is 1.96. The predicted molar refractivity (Wildman–Crippen MR) is 87.0 cm³/mol. The van der Waals surface area contributed by atoms with Crippen LogP contribution in [0.25, 0.3) is 0 Å². The van der Waals surface area contributed by atoms with Crippen LogP contribution < -0.4 is 0 Å². The van der Waals surface area contributed by atoms with Crippen molar-refractivity contribution in [1.82, 2.24) is 0 Å². The third-order valence-electron chi connectivity index (χ3n) is 6.61. The van der Waals surface area contributed by atoms with E-state index < -0.39 is 33.3 Å². The van der Waals surface area contributed by atoms with Gasteiger partial charge in [-0.1, -0.05) is 41.8 Å². The number of esters is 1. The number of carbonyl (C=O) groups is 2. The summed E-state index contributed by atoms with van der Waals surface area (Å²) in [7, 11) is 0. The molecule has 2 bridgehead atoms. The van der Waals surface area contributed by atoms with Gasteiger partial charge in [-0.25, -0.2) is 4.79 Å². The van der Waals surface area contributed by atoms with Crippen LogP contribution in [0, 0.1) is 10.8 Å². The van der Waals surface area contributed by atoms with E-state index in [1.54, 1.807) is 0 Å². The molecule has 2 saturated heterocycles. The maximum absolute atomic E-state index is 12.6. The number of fused-ring (bicyclic) bond motifs is 2. The van der Waals surface area contributed by atoms with Gasteiger partial charge in [0.25, 0.3) is 0 Å². The highest BCUT2D eigenvalue weighted by Crippen LogP contribution is 2.70. The fourth-order valence-corrected chi connectivity index (χ4v) is 5.14. The van der Waals surface area contributed by atoms with Crippen molar-refractivity contribution in [1.29, 1.82) is 0 Å². The van der Waals surface area contributed by atoms with E-state index in [2.05, 4.69) is 19.9 Å². The Hall–Kier alpha value is -0.620. The molecule has 2 heterocycles. The molecule has 0 amide bonds. The van der Waals surface area contributed by atoms with Crippen molar-refractivity contribution in [3.63, 3.8) is 0 Å². The molecule has 2 aliphatic carbocycles. The van der Waals surface area contributed by atoms with E-state index >= 15 is 0 Å². The van der Waals surface area contributed by atoms with Gasteiger partial charge in [0.1, 0.15) is 18.3 Å². The van der Waals surface area contributed by atoms with E-state index in [1.165, 1.54) is 5.57 Å². The zero-order chi connectivity index (χ0) is 17.3. The topological polar surface area (TPSA) is 65.1 Å². The molecule has 4 rings (SSSR count). The molecule has 1 spiro atoms. The molecular weight excluding hydrogens is 355 g/mol. The highest BCUT2D eigenvalue weighted by molar-refractivity contribution is 6.52. The zero-order valence-electron chi connectivity index (χ0n) is 13.6. The van der Waals surface area contributed by atoms with Gasteiger partial charge in [-0.2, -0.15) is 0 Å². The van der Waals surface area contributed by atoms with E-state index in [4.69, 9.17) is 37.4 Å². The summed E-state index contributed by atoms with van der Waals surface area (Å²) in [5, 5.41) is 0. The second-order valence-electron chi connectivity index (χ2n) is 7.67. The van der Waals surface area contributed by atoms with Crippen molar-refractivity contribution in [2.75, 3.05) is 13.2 Å². The van der Waals surface area contributed by atoms with Gasteiger partial charge in [0, 0.05) is 17.3 Å². The van der Waals surface area contributed by atoms with Crippen LogP contribution in [0.2, 0.25) is 0 Å². The molecule has 5 atom stereocenters. The van der Waals surface area contributed by atoms with Crippen LogP contribution in [-0.4, -0.2) is 47.6 Å². The van der Waals surface area contributed by atoms with Crippen LogP contribution in [0.1, 0.15) is 33.1 Å². The number of hydrogen-bond donors (Lipinski definition) is 0. The van der Waals surface area contributed by atoms with Crippen LogP contribution in [-0.2, 0) is 23.8 Å². The summed E-state index contributed by atoms with van der Waals surface area (Å²) >= 11 is 11.2. The molecule has 0 aromatic heterocycles. The van der Waals surface area contributed by atoms with Gasteiger partial charge in [-0.05, 0) is 19.8 Å². The van der Waals surface area contributed by atoms with Crippen LogP contribution in [0.3, 0.4) is 0 Å². The molecule has 7 heteroatoms. The average molecular weight is 375 g/mol. The molecule has 5 nitrogen and oxygen atoms in total. The van der Waals surface area contributed by atoms with Gasteiger partial charge in [-0.3, -0.25) is 4.79 Å². The van der Waals surface area contributed by atoms with Gasteiger partial charge in [-0.15, -0.1) is 0 Å². The molecular formula is C17H20Cl2O5. The molecule has 0 aromatic carbocycles. The number of hydrogen-bond acceptors (Lipinski definition) is 5. The summed E-state index contributed by atoms with van der Waals surface area (Å²) in [6.45, 7) is 4.77. The lowest BCUT2D eigenvalue weighted by Gasteiger charge is -2.57. The lowest BCUT2D eigenvalue weighted by atomic mass is 9.52. The lowest BCUT2D eigenvalue weighted by molar-refractivity contribution is -0.216. The molecule has 1 saturated carbocycles. The van der Waals surface area contributed by atoms with Crippen molar-refractivity contribution in [2.24, 2.45) is 10.8 Å². The Labute approximate surface area is 150 Å². The first-order valence-corrected chi connectivity index (χ1v) is 9.07. The number of alkyl halides is 2. The van der Waals surface area contributed by atoms with E-state index in [1.807, 2.05) is 0 Å². The fourth-order valence-electron chi connectivity index (χ4n) is 5.02. The Bertz CT molecular complexity index is 641. The number of Topliss-reactive ketones (excluding diaryl/α,β-unsaturated/α-hetero) is 1. The van der Waals surface area contributed by atoms with Crippen molar-refractivity contribution >= 4 is 35.0 Å². The Morgan fingerprint density at radius 2 is 2.21 bits per heavy atom. The highest BCUT2D eigenvalue weighted by Gasteiger charge is 2.81. The predicted octanol–water partition coefficient (Wildman–Crippen LogP) is 2.58. The van der Waals surface area contributed by atoms with Gasteiger partial charge in [0.05, 0.1) is 12.7 Å². The zero-order valence-corrected chi connectivity index (χ0v) is 15.2. The van der Waals surface area contributed by atoms with E-state index in [9.17, 15) is 9.59 Å².